The minimum absolute atomic E-state index is 0.140. The average Bonchev–Trinajstić information content (AvgIpc) is 3.11. The molecule has 1 saturated carbocycles. The van der Waals surface area contributed by atoms with E-state index in [-0.39, 0.29) is 11.5 Å². The van der Waals surface area contributed by atoms with Crippen molar-refractivity contribution in [2.45, 2.75) is 45.4 Å². The van der Waals surface area contributed by atoms with E-state index in [2.05, 4.69) is 78.9 Å². The predicted octanol–water partition coefficient (Wildman–Crippen LogP) is 3.88. The van der Waals surface area contributed by atoms with Crippen LogP contribution >= 0.6 is 0 Å². The summed E-state index contributed by atoms with van der Waals surface area (Å²) in [7, 11) is 1.85. The van der Waals surface area contributed by atoms with E-state index in [1.807, 2.05) is 7.05 Å². The second kappa shape index (κ2) is 6.58. The van der Waals surface area contributed by atoms with Gasteiger partial charge >= 0.3 is 0 Å². The van der Waals surface area contributed by atoms with Crippen molar-refractivity contribution < 1.29 is 4.74 Å². The molecule has 1 heterocycles. The normalized spacial score (nSPS) is 28.3. The molecule has 0 bridgehead atoms. The highest BCUT2D eigenvalue weighted by atomic mass is 16.5. The number of fused-ring (bicyclic) bond motifs is 2. The maximum Gasteiger partial charge on any atom is 0.191 e. The summed E-state index contributed by atoms with van der Waals surface area (Å²) in [6.07, 6.45) is 1.52. The summed E-state index contributed by atoms with van der Waals surface area (Å²) in [5.74, 6) is 1.46. The quantitative estimate of drug-likeness (QED) is 0.652. The van der Waals surface area contributed by atoms with Crippen LogP contribution in [-0.2, 0) is 4.74 Å². The first-order valence-electron chi connectivity index (χ1n) is 9.61. The van der Waals surface area contributed by atoms with Crippen molar-refractivity contribution >= 4 is 16.7 Å². The van der Waals surface area contributed by atoms with Crippen LogP contribution in [0.15, 0.2) is 47.5 Å². The number of ether oxygens (including phenoxy) is 1. The molecule has 26 heavy (non-hydrogen) atoms. The van der Waals surface area contributed by atoms with Gasteiger partial charge in [0.25, 0.3) is 0 Å². The molecule has 4 heteroatoms. The lowest BCUT2D eigenvalue weighted by molar-refractivity contribution is -0.106. The van der Waals surface area contributed by atoms with Gasteiger partial charge in [-0.05, 0) is 29.7 Å². The van der Waals surface area contributed by atoms with Crippen LogP contribution in [0.5, 0.6) is 0 Å². The number of rotatable bonds is 3. The molecular weight excluding hydrogens is 322 g/mol. The molecule has 1 saturated heterocycles. The molecule has 4 rings (SSSR count). The predicted molar refractivity (Wildman–Crippen MR) is 107 cm³/mol. The molecule has 4 unspecified atom stereocenters. The number of nitrogens with one attached hydrogen (secondary N) is 2. The summed E-state index contributed by atoms with van der Waals surface area (Å²) in [5.41, 5.74) is 1.43. The van der Waals surface area contributed by atoms with Gasteiger partial charge in [-0.3, -0.25) is 4.99 Å². The molecule has 138 valence electrons. The van der Waals surface area contributed by atoms with Crippen molar-refractivity contribution in [2.75, 3.05) is 13.7 Å². The Morgan fingerprint density at radius 3 is 2.77 bits per heavy atom. The number of hydrogen-bond acceptors (Lipinski definition) is 2. The molecular formula is C22H29N3O. The first-order chi connectivity index (χ1) is 12.5. The van der Waals surface area contributed by atoms with Gasteiger partial charge in [-0.1, -0.05) is 56.3 Å². The molecule has 1 aliphatic carbocycles. The lowest BCUT2D eigenvalue weighted by Crippen LogP contribution is -2.68. The van der Waals surface area contributed by atoms with E-state index in [1.165, 1.54) is 16.3 Å². The Bertz CT molecular complexity index is 824. The Kier molecular flexibility index (Phi) is 4.39. The average molecular weight is 351 g/mol. The highest BCUT2D eigenvalue weighted by Gasteiger charge is 2.59. The molecule has 4 atom stereocenters. The highest BCUT2D eigenvalue weighted by Crippen LogP contribution is 2.52. The zero-order chi connectivity index (χ0) is 18.3. The van der Waals surface area contributed by atoms with Gasteiger partial charge in [0.05, 0.1) is 12.1 Å². The Morgan fingerprint density at radius 1 is 1.19 bits per heavy atom. The number of hydrogen-bond donors (Lipinski definition) is 2. The van der Waals surface area contributed by atoms with Crippen molar-refractivity contribution in [1.29, 1.82) is 0 Å². The van der Waals surface area contributed by atoms with Crippen LogP contribution in [0.3, 0.4) is 0 Å². The molecule has 1 aliphatic heterocycles. The lowest BCUT2D eigenvalue weighted by atomic mass is 9.57. The molecule has 2 N–H and O–H groups in total. The summed E-state index contributed by atoms with van der Waals surface area (Å²) in [5, 5.41) is 9.82. The smallest absolute Gasteiger partial charge is 0.191 e. The highest BCUT2D eigenvalue weighted by molar-refractivity contribution is 5.87. The molecule has 0 radical (unpaired) electrons. The van der Waals surface area contributed by atoms with Crippen molar-refractivity contribution in [1.82, 2.24) is 10.6 Å². The van der Waals surface area contributed by atoms with Crippen molar-refractivity contribution in [2.24, 2.45) is 16.3 Å². The molecule has 0 spiro atoms. The zero-order valence-electron chi connectivity index (χ0n) is 16.1. The van der Waals surface area contributed by atoms with Gasteiger partial charge in [0.1, 0.15) is 0 Å². The zero-order valence-corrected chi connectivity index (χ0v) is 16.1. The molecule has 2 fully saturated rings. The van der Waals surface area contributed by atoms with Gasteiger partial charge in [0, 0.05) is 31.0 Å². The third-order valence-corrected chi connectivity index (χ3v) is 6.26. The third-order valence-electron chi connectivity index (χ3n) is 6.26. The fraction of sp³-hybridized carbons (Fsp3) is 0.500. The van der Waals surface area contributed by atoms with Gasteiger partial charge < -0.3 is 15.4 Å². The number of aliphatic imine (C=N–C) groups is 1. The molecule has 2 aliphatic rings. The van der Waals surface area contributed by atoms with E-state index in [1.54, 1.807) is 0 Å². The van der Waals surface area contributed by atoms with Crippen LogP contribution in [0.1, 0.15) is 38.8 Å². The maximum atomic E-state index is 5.91. The third kappa shape index (κ3) is 2.77. The van der Waals surface area contributed by atoms with Crippen LogP contribution < -0.4 is 10.6 Å². The van der Waals surface area contributed by atoms with Gasteiger partial charge in [0.2, 0.25) is 0 Å². The Labute approximate surface area is 156 Å². The second-order valence-corrected chi connectivity index (χ2v) is 8.19. The van der Waals surface area contributed by atoms with Crippen LogP contribution in [0.2, 0.25) is 0 Å². The van der Waals surface area contributed by atoms with E-state index in [9.17, 15) is 0 Å². The van der Waals surface area contributed by atoms with Gasteiger partial charge in [0.15, 0.2) is 5.96 Å². The lowest BCUT2D eigenvalue weighted by Gasteiger charge is -2.55. The van der Waals surface area contributed by atoms with Gasteiger partial charge in [-0.2, -0.15) is 0 Å². The van der Waals surface area contributed by atoms with Crippen molar-refractivity contribution in [3.05, 3.63) is 48.0 Å². The fourth-order valence-electron chi connectivity index (χ4n) is 4.85. The van der Waals surface area contributed by atoms with Crippen LogP contribution in [-0.4, -0.2) is 31.8 Å². The van der Waals surface area contributed by atoms with E-state index < -0.39 is 0 Å². The van der Waals surface area contributed by atoms with Crippen molar-refractivity contribution in [3.8, 4) is 0 Å². The van der Waals surface area contributed by atoms with Crippen LogP contribution in [0, 0.1) is 11.3 Å². The first-order valence-corrected chi connectivity index (χ1v) is 9.61. The second-order valence-electron chi connectivity index (χ2n) is 8.19. The molecule has 2 aromatic carbocycles. The molecule has 4 nitrogen and oxygen atoms in total. The maximum absolute atomic E-state index is 5.91. The van der Waals surface area contributed by atoms with Crippen LogP contribution in [0.4, 0.5) is 0 Å². The SMILES string of the molecule is CN=C(NC(C)c1cccc2ccccc12)NC1C2CCOC2C1(C)C. The topological polar surface area (TPSA) is 45.7 Å². The minimum Gasteiger partial charge on any atom is -0.377 e. The van der Waals surface area contributed by atoms with E-state index in [0.29, 0.717) is 18.1 Å². The monoisotopic (exact) mass is 351 g/mol. The largest absolute Gasteiger partial charge is 0.377 e. The standard InChI is InChI=1S/C22H29N3O/c1-14(16-11-7-9-15-8-5-6-10-17(15)16)24-21(23-4)25-19-18-12-13-26-20(18)22(19,2)3/h5-11,14,18-20H,12-13H2,1-4H3,(H2,23,24,25). The van der Waals surface area contributed by atoms with Gasteiger partial charge in [-0.15, -0.1) is 0 Å². The minimum atomic E-state index is 0.140. The Hall–Kier alpha value is -2.07. The first kappa shape index (κ1) is 17.3. The fourth-order valence-corrected chi connectivity index (χ4v) is 4.85. The van der Waals surface area contributed by atoms with E-state index in [4.69, 9.17) is 4.74 Å². The summed E-state index contributed by atoms with van der Waals surface area (Å²) in [6.45, 7) is 7.66. The molecule has 0 amide bonds. The van der Waals surface area contributed by atoms with E-state index >= 15 is 0 Å². The number of nitrogens with zero attached hydrogens (tertiary/aromatic N) is 1. The summed E-state index contributed by atoms with van der Waals surface area (Å²) < 4.78 is 5.91. The number of benzene rings is 2. The Balaban J connectivity index is 1.50. The summed E-state index contributed by atoms with van der Waals surface area (Å²) in [6, 6.07) is 15.6. The number of guanidine groups is 1. The van der Waals surface area contributed by atoms with Gasteiger partial charge in [-0.25, -0.2) is 0 Å². The summed E-state index contributed by atoms with van der Waals surface area (Å²) in [4.78, 5) is 4.49. The van der Waals surface area contributed by atoms with E-state index in [0.717, 1.165) is 19.0 Å². The Morgan fingerprint density at radius 2 is 1.96 bits per heavy atom. The molecule has 0 aromatic heterocycles. The molecule has 2 aromatic rings. The van der Waals surface area contributed by atoms with Crippen LogP contribution in [0.25, 0.3) is 10.8 Å². The summed E-state index contributed by atoms with van der Waals surface area (Å²) >= 11 is 0. The van der Waals surface area contributed by atoms with Crippen molar-refractivity contribution in [3.63, 3.8) is 0 Å².